The maximum atomic E-state index is 11.4. The summed E-state index contributed by atoms with van der Waals surface area (Å²) in [6, 6.07) is 13.1. The van der Waals surface area contributed by atoms with Crippen molar-refractivity contribution in [3.8, 4) is 22.6 Å². The Kier molecular flexibility index (Phi) is 3.75. The van der Waals surface area contributed by atoms with E-state index < -0.39 is 0 Å². The molecule has 21 heavy (non-hydrogen) atoms. The first-order valence-corrected chi connectivity index (χ1v) is 6.79. The zero-order valence-electron chi connectivity index (χ0n) is 11.5. The minimum atomic E-state index is -0.305. The van der Waals surface area contributed by atoms with Crippen molar-refractivity contribution in [1.29, 1.82) is 0 Å². The average molecular weight is 284 g/mol. The molecular weight excluding hydrogens is 268 g/mol. The summed E-state index contributed by atoms with van der Waals surface area (Å²) < 4.78 is 11.3. The van der Waals surface area contributed by atoms with E-state index in [0.717, 1.165) is 29.0 Å². The van der Waals surface area contributed by atoms with Crippen LogP contribution in [-0.4, -0.2) is 19.1 Å². The lowest BCUT2D eigenvalue weighted by Crippen LogP contribution is -2.29. The van der Waals surface area contributed by atoms with Gasteiger partial charge < -0.3 is 9.47 Å². The van der Waals surface area contributed by atoms with Crippen molar-refractivity contribution in [1.82, 2.24) is 5.43 Å². The number of nitrogens with two attached hydrogens (primary N) is 1. The van der Waals surface area contributed by atoms with Gasteiger partial charge in [-0.1, -0.05) is 18.2 Å². The molecule has 2 aromatic rings. The zero-order chi connectivity index (χ0) is 14.7. The third-order valence-electron chi connectivity index (χ3n) is 3.36. The smallest absolute Gasteiger partial charge is 0.265 e. The fourth-order valence-corrected chi connectivity index (χ4v) is 2.24. The number of hydrazine groups is 1. The highest BCUT2D eigenvalue weighted by atomic mass is 16.5. The molecule has 3 N–H and O–H groups in total. The minimum absolute atomic E-state index is 0.305. The Balaban J connectivity index is 1.90. The Morgan fingerprint density at radius 2 is 1.62 bits per heavy atom. The van der Waals surface area contributed by atoms with E-state index in [4.69, 9.17) is 15.3 Å². The van der Waals surface area contributed by atoms with Gasteiger partial charge in [0.25, 0.3) is 5.91 Å². The largest absolute Gasteiger partial charge is 0.490 e. The molecule has 3 rings (SSSR count). The Morgan fingerprint density at radius 1 is 0.952 bits per heavy atom. The molecule has 0 radical (unpaired) electrons. The highest BCUT2D eigenvalue weighted by molar-refractivity contribution is 5.94. The summed E-state index contributed by atoms with van der Waals surface area (Å²) in [6.45, 7) is 1.33. The van der Waals surface area contributed by atoms with Crippen molar-refractivity contribution in [2.75, 3.05) is 13.2 Å². The van der Waals surface area contributed by atoms with Crippen LogP contribution in [0.3, 0.4) is 0 Å². The molecule has 0 bridgehead atoms. The van der Waals surface area contributed by atoms with E-state index in [1.54, 1.807) is 12.1 Å². The first kappa shape index (κ1) is 13.5. The molecule has 0 saturated heterocycles. The Morgan fingerprint density at radius 3 is 2.33 bits per heavy atom. The fraction of sp³-hybridized carbons (Fsp3) is 0.188. The molecule has 0 saturated carbocycles. The molecular formula is C16H16N2O3. The Bertz CT molecular complexity index is 653. The van der Waals surface area contributed by atoms with Crippen LogP contribution in [0.25, 0.3) is 11.1 Å². The summed E-state index contributed by atoms with van der Waals surface area (Å²) in [5.74, 6) is 6.34. The van der Waals surface area contributed by atoms with E-state index in [-0.39, 0.29) is 5.91 Å². The van der Waals surface area contributed by atoms with Crippen LogP contribution in [-0.2, 0) is 0 Å². The quantitative estimate of drug-likeness (QED) is 0.503. The summed E-state index contributed by atoms with van der Waals surface area (Å²) in [4.78, 5) is 11.4. The lowest BCUT2D eigenvalue weighted by molar-refractivity contribution is 0.0953. The van der Waals surface area contributed by atoms with Crippen LogP contribution in [0.1, 0.15) is 16.8 Å². The van der Waals surface area contributed by atoms with Crippen LogP contribution in [0.4, 0.5) is 0 Å². The van der Waals surface area contributed by atoms with Gasteiger partial charge in [-0.3, -0.25) is 10.2 Å². The molecule has 0 unspecified atom stereocenters. The summed E-state index contributed by atoms with van der Waals surface area (Å²) in [6.07, 6.45) is 0.882. The van der Waals surface area contributed by atoms with Gasteiger partial charge in [-0.05, 0) is 35.4 Å². The first-order valence-electron chi connectivity index (χ1n) is 6.79. The second kappa shape index (κ2) is 5.85. The summed E-state index contributed by atoms with van der Waals surface area (Å²) in [5, 5.41) is 0. The van der Waals surface area contributed by atoms with Crippen LogP contribution >= 0.6 is 0 Å². The van der Waals surface area contributed by atoms with Crippen LogP contribution < -0.4 is 20.7 Å². The summed E-state index contributed by atoms with van der Waals surface area (Å²) >= 11 is 0. The van der Waals surface area contributed by atoms with Crippen LogP contribution in [0.5, 0.6) is 11.5 Å². The van der Waals surface area contributed by atoms with Crippen LogP contribution in [0.2, 0.25) is 0 Å². The number of hydrogen-bond donors (Lipinski definition) is 2. The van der Waals surface area contributed by atoms with Gasteiger partial charge in [-0.25, -0.2) is 5.84 Å². The van der Waals surface area contributed by atoms with Gasteiger partial charge >= 0.3 is 0 Å². The number of nitrogens with one attached hydrogen (secondary N) is 1. The van der Waals surface area contributed by atoms with Crippen molar-refractivity contribution in [2.24, 2.45) is 5.84 Å². The lowest BCUT2D eigenvalue weighted by atomic mass is 10.0. The SMILES string of the molecule is NNC(=O)c1ccc(-c2ccc3c(c2)OCCCO3)cc1. The number of benzene rings is 2. The first-order chi connectivity index (χ1) is 10.3. The lowest BCUT2D eigenvalue weighted by Gasteiger charge is -2.10. The van der Waals surface area contributed by atoms with E-state index in [0.29, 0.717) is 18.8 Å². The number of hydrogen-bond acceptors (Lipinski definition) is 4. The highest BCUT2D eigenvalue weighted by Gasteiger charge is 2.11. The topological polar surface area (TPSA) is 73.6 Å². The van der Waals surface area contributed by atoms with Gasteiger partial charge in [-0.15, -0.1) is 0 Å². The van der Waals surface area contributed by atoms with Gasteiger partial charge in [-0.2, -0.15) is 0 Å². The summed E-state index contributed by atoms with van der Waals surface area (Å²) in [7, 11) is 0. The fourth-order valence-electron chi connectivity index (χ4n) is 2.24. The molecule has 5 nitrogen and oxygen atoms in total. The molecule has 2 aromatic carbocycles. The van der Waals surface area contributed by atoms with Gasteiger partial charge in [0.05, 0.1) is 13.2 Å². The maximum absolute atomic E-state index is 11.4. The molecule has 1 aliphatic heterocycles. The second-order valence-corrected chi connectivity index (χ2v) is 4.76. The third kappa shape index (κ3) is 2.83. The number of amides is 1. The van der Waals surface area contributed by atoms with Gasteiger partial charge in [0, 0.05) is 12.0 Å². The van der Waals surface area contributed by atoms with E-state index in [1.807, 2.05) is 30.3 Å². The Labute approximate surface area is 122 Å². The van der Waals surface area contributed by atoms with E-state index >= 15 is 0 Å². The number of rotatable bonds is 2. The molecule has 0 aromatic heterocycles. The second-order valence-electron chi connectivity index (χ2n) is 4.76. The number of carbonyl (C=O) groups is 1. The molecule has 0 aliphatic carbocycles. The maximum Gasteiger partial charge on any atom is 0.265 e. The molecule has 108 valence electrons. The zero-order valence-corrected chi connectivity index (χ0v) is 11.5. The minimum Gasteiger partial charge on any atom is -0.490 e. The molecule has 1 amide bonds. The average Bonchev–Trinajstić information content (AvgIpc) is 2.79. The molecule has 0 fully saturated rings. The van der Waals surface area contributed by atoms with E-state index in [1.165, 1.54) is 0 Å². The molecule has 1 heterocycles. The molecule has 0 spiro atoms. The number of nitrogen functional groups attached to an aromatic ring is 1. The van der Waals surface area contributed by atoms with Crippen molar-refractivity contribution < 1.29 is 14.3 Å². The Hall–Kier alpha value is -2.53. The molecule has 0 atom stereocenters. The van der Waals surface area contributed by atoms with Crippen molar-refractivity contribution in [3.05, 3.63) is 48.0 Å². The normalized spacial score (nSPS) is 13.4. The number of carbonyl (C=O) groups excluding carboxylic acids is 1. The molecule has 5 heteroatoms. The molecule has 1 aliphatic rings. The monoisotopic (exact) mass is 284 g/mol. The van der Waals surface area contributed by atoms with Crippen molar-refractivity contribution in [2.45, 2.75) is 6.42 Å². The standard InChI is InChI=1S/C16H16N2O3/c17-18-16(19)12-4-2-11(3-5-12)13-6-7-14-15(10-13)21-9-1-8-20-14/h2-7,10H,1,8-9,17H2,(H,18,19). The highest BCUT2D eigenvalue weighted by Crippen LogP contribution is 2.34. The van der Waals surface area contributed by atoms with Crippen LogP contribution in [0.15, 0.2) is 42.5 Å². The number of ether oxygens (including phenoxy) is 2. The van der Waals surface area contributed by atoms with Gasteiger partial charge in [0.15, 0.2) is 11.5 Å². The van der Waals surface area contributed by atoms with Crippen LogP contribution in [0, 0.1) is 0 Å². The predicted octanol–water partition coefficient (Wildman–Crippen LogP) is 2.12. The third-order valence-corrected chi connectivity index (χ3v) is 3.36. The van der Waals surface area contributed by atoms with Gasteiger partial charge in [0.2, 0.25) is 0 Å². The summed E-state index contributed by atoms with van der Waals surface area (Å²) in [5.41, 5.74) is 4.65. The van der Waals surface area contributed by atoms with E-state index in [9.17, 15) is 4.79 Å². The van der Waals surface area contributed by atoms with E-state index in [2.05, 4.69) is 5.43 Å². The predicted molar refractivity (Wildman–Crippen MR) is 79.1 cm³/mol. The number of fused-ring (bicyclic) bond motifs is 1. The van der Waals surface area contributed by atoms with Gasteiger partial charge in [0.1, 0.15) is 0 Å². The van der Waals surface area contributed by atoms with Crippen molar-refractivity contribution in [3.63, 3.8) is 0 Å². The van der Waals surface area contributed by atoms with Crippen molar-refractivity contribution >= 4 is 5.91 Å².